The Bertz CT molecular complexity index is 649. The molecule has 24 heavy (non-hydrogen) atoms. The van der Waals surface area contributed by atoms with Crippen LogP contribution in [0.5, 0.6) is 0 Å². The first-order chi connectivity index (χ1) is 11.6. The molecule has 1 atom stereocenters. The number of rotatable bonds is 5. The van der Waals surface area contributed by atoms with Gasteiger partial charge in [-0.25, -0.2) is 0 Å². The van der Waals surface area contributed by atoms with Crippen LogP contribution >= 0.6 is 0 Å². The summed E-state index contributed by atoms with van der Waals surface area (Å²) in [6, 6.07) is 22.4. The third-order valence-corrected chi connectivity index (χ3v) is 4.77. The standard InChI is InChI=1S/C22H28NO/c1-16(2)22-23(17(3)4)20(15-24-22)21(18-11-7-5-8-12-18)19-13-9-6-10-14-19/h5-14,16-17,20-21H,15H2,1-4H3/q+1/t20-/m1/s1. The Morgan fingerprint density at radius 2 is 1.33 bits per heavy atom. The summed E-state index contributed by atoms with van der Waals surface area (Å²) in [5, 5.41) is 0. The average Bonchev–Trinajstić information content (AvgIpc) is 3.02. The molecule has 3 rings (SSSR count). The normalized spacial score (nSPS) is 17.9. The van der Waals surface area contributed by atoms with E-state index in [1.54, 1.807) is 0 Å². The molecule has 0 aliphatic carbocycles. The zero-order chi connectivity index (χ0) is 17.1. The molecule has 0 aromatic heterocycles. The molecule has 2 aromatic carbocycles. The van der Waals surface area contributed by atoms with Crippen molar-refractivity contribution in [3.63, 3.8) is 0 Å². The van der Waals surface area contributed by atoms with Gasteiger partial charge in [0.2, 0.25) is 6.04 Å². The Labute approximate surface area is 145 Å². The number of benzene rings is 2. The first kappa shape index (κ1) is 16.8. The van der Waals surface area contributed by atoms with E-state index < -0.39 is 0 Å². The van der Waals surface area contributed by atoms with Gasteiger partial charge in [0.05, 0.1) is 11.8 Å². The summed E-state index contributed by atoms with van der Waals surface area (Å²) in [6.07, 6.45) is 0. The van der Waals surface area contributed by atoms with Crippen molar-refractivity contribution in [2.24, 2.45) is 5.92 Å². The number of ether oxygens (including phenoxy) is 1. The van der Waals surface area contributed by atoms with E-state index in [9.17, 15) is 0 Å². The first-order valence-corrected chi connectivity index (χ1v) is 8.97. The van der Waals surface area contributed by atoms with Gasteiger partial charge in [-0.3, -0.25) is 0 Å². The van der Waals surface area contributed by atoms with Crippen molar-refractivity contribution in [3.05, 3.63) is 71.8 Å². The first-order valence-electron chi connectivity index (χ1n) is 8.97. The van der Waals surface area contributed by atoms with Crippen LogP contribution in [0.25, 0.3) is 0 Å². The quantitative estimate of drug-likeness (QED) is 0.727. The second kappa shape index (κ2) is 7.21. The lowest BCUT2D eigenvalue weighted by atomic mass is 9.85. The number of hydrogen-bond donors (Lipinski definition) is 0. The van der Waals surface area contributed by atoms with Crippen molar-refractivity contribution in [2.75, 3.05) is 6.61 Å². The molecule has 1 aliphatic heterocycles. The highest BCUT2D eigenvalue weighted by Crippen LogP contribution is 2.33. The fourth-order valence-corrected chi connectivity index (χ4v) is 3.81. The van der Waals surface area contributed by atoms with Crippen molar-refractivity contribution < 1.29 is 9.31 Å². The molecule has 0 saturated carbocycles. The van der Waals surface area contributed by atoms with E-state index in [1.807, 2.05) is 0 Å². The third kappa shape index (κ3) is 3.24. The minimum atomic E-state index is 0.311. The highest BCUT2D eigenvalue weighted by molar-refractivity contribution is 5.74. The molecule has 2 aromatic rings. The SMILES string of the molecule is CC(C)C1=[N+](C(C)C)[C@@H](C(c2ccccc2)c2ccccc2)CO1. The smallest absolute Gasteiger partial charge is 0.339 e. The topological polar surface area (TPSA) is 12.2 Å². The van der Waals surface area contributed by atoms with Gasteiger partial charge in [0.1, 0.15) is 0 Å². The van der Waals surface area contributed by atoms with Gasteiger partial charge in [-0.2, -0.15) is 4.58 Å². The summed E-state index contributed by atoms with van der Waals surface area (Å²) in [7, 11) is 0. The van der Waals surface area contributed by atoms with Crippen molar-refractivity contribution in [2.45, 2.75) is 45.7 Å². The van der Waals surface area contributed by atoms with Crippen LogP contribution in [0.1, 0.15) is 44.7 Å². The fourth-order valence-electron chi connectivity index (χ4n) is 3.81. The molecule has 2 nitrogen and oxygen atoms in total. The van der Waals surface area contributed by atoms with Crippen LogP contribution in [0.2, 0.25) is 0 Å². The minimum absolute atomic E-state index is 0.311. The van der Waals surface area contributed by atoms with E-state index in [2.05, 4.69) is 92.9 Å². The van der Waals surface area contributed by atoms with Crippen LogP contribution < -0.4 is 0 Å². The van der Waals surface area contributed by atoms with Crippen LogP contribution in [-0.4, -0.2) is 29.2 Å². The lowest BCUT2D eigenvalue weighted by Crippen LogP contribution is -2.38. The van der Waals surface area contributed by atoms with Crippen molar-refractivity contribution in [3.8, 4) is 0 Å². The van der Waals surface area contributed by atoms with E-state index in [4.69, 9.17) is 4.74 Å². The van der Waals surface area contributed by atoms with Crippen molar-refractivity contribution >= 4 is 5.90 Å². The summed E-state index contributed by atoms with van der Waals surface area (Å²) in [6.45, 7) is 9.70. The van der Waals surface area contributed by atoms with Crippen LogP contribution in [0, 0.1) is 5.92 Å². The zero-order valence-electron chi connectivity index (χ0n) is 15.1. The maximum atomic E-state index is 6.17. The molecule has 0 radical (unpaired) electrons. The van der Waals surface area contributed by atoms with Gasteiger partial charge in [0.15, 0.2) is 12.6 Å². The van der Waals surface area contributed by atoms with Gasteiger partial charge in [-0.05, 0) is 38.8 Å². The van der Waals surface area contributed by atoms with E-state index in [0.717, 1.165) is 12.5 Å². The lowest BCUT2D eigenvalue weighted by molar-refractivity contribution is -0.588. The zero-order valence-corrected chi connectivity index (χ0v) is 15.1. The molecule has 1 heterocycles. The molecule has 0 saturated heterocycles. The predicted molar refractivity (Wildman–Crippen MR) is 99.7 cm³/mol. The van der Waals surface area contributed by atoms with E-state index >= 15 is 0 Å². The maximum Gasteiger partial charge on any atom is 0.339 e. The molecule has 0 bridgehead atoms. The summed E-state index contributed by atoms with van der Waals surface area (Å²) in [4.78, 5) is 0. The highest BCUT2D eigenvalue weighted by atomic mass is 16.5. The largest absolute Gasteiger partial charge is 0.441 e. The summed E-state index contributed by atoms with van der Waals surface area (Å²) >= 11 is 0. The van der Waals surface area contributed by atoms with Crippen LogP contribution in [-0.2, 0) is 4.74 Å². The van der Waals surface area contributed by atoms with Crippen LogP contribution in [0.15, 0.2) is 60.7 Å². The lowest BCUT2D eigenvalue weighted by Gasteiger charge is -2.23. The molecule has 0 N–H and O–H groups in total. The number of nitrogens with zero attached hydrogens (tertiary/aromatic N) is 1. The van der Waals surface area contributed by atoms with E-state index in [1.165, 1.54) is 11.1 Å². The Morgan fingerprint density at radius 3 is 1.75 bits per heavy atom. The summed E-state index contributed by atoms with van der Waals surface area (Å²) < 4.78 is 8.66. The van der Waals surface area contributed by atoms with E-state index in [-0.39, 0.29) is 0 Å². The van der Waals surface area contributed by atoms with Gasteiger partial charge >= 0.3 is 5.90 Å². The molecular formula is C22H28NO+. The Morgan fingerprint density at radius 1 is 0.833 bits per heavy atom. The maximum absolute atomic E-state index is 6.17. The Kier molecular flexibility index (Phi) is 5.03. The van der Waals surface area contributed by atoms with Gasteiger partial charge in [-0.1, -0.05) is 60.7 Å². The summed E-state index contributed by atoms with van der Waals surface area (Å²) in [5.74, 6) is 1.85. The Balaban J connectivity index is 2.10. The molecule has 0 unspecified atom stereocenters. The van der Waals surface area contributed by atoms with Gasteiger partial charge in [0.25, 0.3) is 0 Å². The van der Waals surface area contributed by atoms with Gasteiger partial charge in [-0.15, -0.1) is 0 Å². The van der Waals surface area contributed by atoms with Crippen LogP contribution in [0.3, 0.4) is 0 Å². The fraction of sp³-hybridized carbons (Fsp3) is 0.409. The van der Waals surface area contributed by atoms with Crippen LogP contribution in [0.4, 0.5) is 0 Å². The monoisotopic (exact) mass is 322 g/mol. The van der Waals surface area contributed by atoms with E-state index in [0.29, 0.717) is 23.9 Å². The minimum Gasteiger partial charge on any atom is -0.441 e. The molecule has 126 valence electrons. The molecule has 0 spiro atoms. The van der Waals surface area contributed by atoms with Gasteiger partial charge < -0.3 is 4.74 Å². The average molecular weight is 322 g/mol. The molecule has 0 amide bonds. The van der Waals surface area contributed by atoms with Gasteiger partial charge in [0, 0.05) is 0 Å². The molecule has 0 fully saturated rings. The second-order valence-electron chi connectivity index (χ2n) is 7.17. The second-order valence-corrected chi connectivity index (χ2v) is 7.17. The molecule has 1 aliphatic rings. The van der Waals surface area contributed by atoms with Crippen molar-refractivity contribution in [1.29, 1.82) is 0 Å². The van der Waals surface area contributed by atoms with Crippen molar-refractivity contribution in [1.82, 2.24) is 0 Å². The summed E-state index contributed by atoms with van der Waals surface area (Å²) in [5.41, 5.74) is 2.71. The number of hydrogen-bond acceptors (Lipinski definition) is 1. The molecule has 2 heteroatoms. The third-order valence-electron chi connectivity index (χ3n) is 4.77. The highest BCUT2D eigenvalue weighted by Gasteiger charge is 2.44. The predicted octanol–water partition coefficient (Wildman–Crippen LogP) is 4.69. The Hall–Kier alpha value is -2.09. The molecular weight excluding hydrogens is 294 g/mol.